The van der Waals surface area contributed by atoms with E-state index in [1.807, 2.05) is 0 Å². The van der Waals surface area contributed by atoms with Gasteiger partial charge in [0, 0.05) is 0 Å². The molecule has 2 atom stereocenters. The number of hydrogen-bond acceptors (Lipinski definition) is 2. The average Bonchev–Trinajstić information content (AvgIpc) is 2.52. The molecule has 1 aromatic rings. The highest BCUT2D eigenvalue weighted by molar-refractivity contribution is 5.31. The van der Waals surface area contributed by atoms with Gasteiger partial charge in [0.1, 0.15) is 5.75 Å². The summed E-state index contributed by atoms with van der Waals surface area (Å²) in [6.07, 6.45) is -0.791. The van der Waals surface area contributed by atoms with Crippen molar-refractivity contribution in [2.45, 2.75) is 50.5 Å². The lowest BCUT2D eigenvalue weighted by Gasteiger charge is -2.18. The fraction of sp³-hybridized carbons (Fsp3) is 0.571. The number of rotatable bonds is 2. The molecule has 0 aromatic heterocycles. The van der Waals surface area contributed by atoms with Gasteiger partial charge in [0.15, 0.2) is 0 Å². The van der Waals surface area contributed by atoms with Crippen molar-refractivity contribution in [2.75, 3.05) is 0 Å². The number of halogens is 3. The Balaban J connectivity index is 2.13. The molecular formula is C14H17F3O2. The fourth-order valence-electron chi connectivity index (χ4n) is 2.60. The van der Waals surface area contributed by atoms with Crippen molar-refractivity contribution in [3.63, 3.8) is 0 Å². The van der Waals surface area contributed by atoms with Crippen LogP contribution in [0.3, 0.4) is 0 Å². The molecule has 0 radical (unpaired) electrons. The maximum absolute atomic E-state index is 12.2. The molecule has 1 N–H and O–H groups in total. The zero-order valence-corrected chi connectivity index (χ0v) is 10.5. The molecule has 0 bridgehead atoms. The molecule has 106 valence electrons. The van der Waals surface area contributed by atoms with Gasteiger partial charge in [0.25, 0.3) is 0 Å². The summed E-state index contributed by atoms with van der Waals surface area (Å²) in [5, 5.41) is 9.77. The van der Waals surface area contributed by atoms with Gasteiger partial charge < -0.3 is 9.84 Å². The van der Waals surface area contributed by atoms with E-state index < -0.39 is 6.36 Å². The third-order valence-corrected chi connectivity index (χ3v) is 3.46. The lowest BCUT2D eigenvalue weighted by Crippen LogP contribution is -2.17. The third kappa shape index (κ3) is 4.42. The highest BCUT2D eigenvalue weighted by Crippen LogP contribution is 2.34. The van der Waals surface area contributed by atoms with E-state index in [1.54, 1.807) is 12.1 Å². The first kappa shape index (κ1) is 14.2. The number of ether oxygens (including phenoxy) is 1. The molecule has 5 heteroatoms. The van der Waals surface area contributed by atoms with Crippen molar-refractivity contribution < 1.29 is 23.0 Å². The van der Waals surface area contributed by atoms with Gasteiger partial charge in [-0.05, 0) is 42.9 Å². The summed E-state index contributed by atoms with van der Waals surface area (Å²) < 4.78 is 40.5. The molecule has 0 amide bonds. The molecule has 1 aliphatic carbocycles. The molecule has 1 saturated carbocycles. The van der Waals surface area contributed by atoms with Crippen LogP contribution < -0.4 is 4.74 Å². The Labute approximate surface area is 110 Å². The Kier molecular flexibility index (Phi) is 4.34. The second-order valence-corrected chi connectivity index (χ2v) is 4.99. The highest BCUT2D eigenvalue weighted by atomic mass is 19.4. The van der Waals surface area contributed by atoms with Gasteiger partial charge >= 0.3 is 6.36 Å². The molecule has 1 aromatic carbocycles. The van der Waals surface area contributed by atoms with Crippen LogP contribution in [-0.2, 0) is 0 Å². The smallest absolute Gasteiger partial charge is 0.406 e. The number of aliphatic hydroxyl groups is 1. The topological polar surface area (TPSA) is 29.5 Å². The summed E-state index contributed by atoms with van der Waals surface area (Å²) in [5.74, 6) is -0.0852. The predicted molar refractivity (Wildman–Crippen MR) is 65.0 cm³/mol. The summed E-state index contributed by atoms with van der Waals surface area (Å²) in [6, 6.07) is 6.08. The van der Waals surface area contributed by atoms with Crippen LogP contribution in [0.15, 0.2) is 24.3 Å². The first-order chi connectivity index (χ1) is 8.94. The first-order valence-corrected chi connectivity index (χ1v) is 6.48. The number of alkyl halides is 3. The quantitative estimate of drug-likeness (QED) is 0.826. The molecular weight excluding hydrogens is 257 g/mol. The zero-order chi connectivity index (χ0) is 13.9. The van der Waals surface area contributed by atoms with Gasteiger partial charge in [-0.25, -0.2) is 0 Å². The summed E-state index contributed by atoms with van der Waals surface area (Å²) in [5.41, 5.74) is 0.808. The van der Waals surface area contributed by atoms with Crippen LogP contribution in [0.1, 0.15) is 43.6 Å². The van der Waals surface area contributed by atoms with Crippen molar-refractivity contribution in [3.05, 3.63) is 29.8 Å². The number of aliphatic hydroxyl groups excluding tert-OH is 1. The molecule has 0 heterocycles. The molecule has 0 spiro atoms. The third-order valence-electron chi connectivity index (χ3n) is 3.46. The summed E-state index contributed by atoms with van der Waals surface area (Å²) >= 11 is 0. The van der Waals surface area contributed by atoms with Gasteiger partial charge in [0.2, 0.25) is 0 Å². The lowest BCUT2D eigenvalue weighted by atomic mass is 9.91. The minimum atomic E-state index is -4.67. The largest absolute Gasteiger partial charge is 0.573 e. The Bertz CT molecular complexity index is 417. The van der Waals surface area contributed by atoms with Crippen molar-refractivity contribution in [1.82, 2.24) is 0 Å². The molecule has 1 aliphatic rings. The standard InChI is InChI=1S/C14H17F3O2/c15-14(16,17)19-13-7-3-5-11(9-13)10-4-1-2-6-12(18)8-10/h3,5,7,9-10,12,18H,1-2,4,6,8H2. The Morgan fingerprint density at radius 2 is 1.89 bits per heavy atom. The first-order valence-electron chi connectivity index (χ1n) is 6.48. The van der Waals surface area contributed by atoms with Crippen LogP contribution in [0, 0.1) is 0 Å². The zero-order valence-electron chi connectivity index (χ0n) is 10.5. The van der Waals surface area contributed by atoms with Gasteiger partial charge in [-0.3, -0.25) is 0 Å². The summed E-state index contributed by atoms with van der Waals surface area (Å²) in [4.78, 5) is 0. The molecule has 1 fully saturated rings. The fourth-order valence-corrected chi connectivity index (χ4v) is 2.60. The van der Waals surface area contributed by atoms with Crippen molar-refractivity contribution in [3.8, 4) is 5.75 Å². The molecule has 19 heavy (non-hydrogen) atoms. The maximum Gasteiger partial charge on any atom is 0.573 e. The van der Waals surface area contributed by atoms with E-state index in [1.165, 1.54) is 12.1 Å². The minimum absolute atomic E-state index is 0.106. The van der Waals surface area contributed by atoms with Gasteiger partial charge in [-0.15, -0.1) is 13.2 Å². The second-order valence-electron chi connectivity index (χ2n) is 4.99. The molecule has 2 unspecified atom stereocenters. The lowest BCUT2D eigenvalue weighted by molar-refractivity contribution is -0.274. The van der Waals surface area contributed by atoms with Crippen LogP contribution in [0.25, 0.3) is 0 Å². The summed E-state index contributed by atoms with van der Waals surface area (Å²) in [6.45, 7) is 0. The van der Waals surface area contributed by atoms with Crippen LogP contribution in [0.5, 0.6) is 5.75 Å². The molecule has 0 aliphatic heterocycles. The highest BCUT2D eigenvalue weighted by Gasteiger charge is 2.31. The second kappa shape index (κ2) is 5.82. The van der Waals surface area contributed by atoms with E-state index in [9.17, 15) is 18.3 Å². The average molecular weight is 274 g/mol. The van der Waals surface area contributed by atoms with Crippen molar-refractivity contribution in [1.29, 1.82) is 0 Å². The monoisotopic (exact) mass is 274 g/mol. The Morgan fingerprint density at radius 1 is 1.16 bits per heavy atom. The molecule has 2 rings (SSSR count). The van der Waals surface area contributed by atoms with E-state index in [-0.39, 0.29) is 17.8 Å². The van der Waals surface area contributed by atoms with E-state index in [0.717, 1.165) is 31.2 Å². The molecule has 2 nitrogen and oxygen atoms in total. The van der Waals surface area contributed by atoms with E-state index >= 15 is 0 Å². The van der Waals surface area contributed by atoms with Crippen molar-refractivity contribution >= 4 is 0 Å². The van der Waals surface area contributed by atoms with Crippen LogP contribution in [0.4, 0.5) is 13.2 Å². The van der Waals surface area contributed by atoms with Crippen molar-refractivity contribution in [2.24, 2.45) is 0 Å². The van der Waals surface area contributed by atoms with E-state index in [4.69, 9.17) is 0 Å². The maximum atomic E-state index is 12.2. The number of benzene rings is 1. The van der Waals surface area contributed by atoms with E-state index in [2.05, 4.69) is 4.74 Å². The SMILES string of the molecule is OC1CCCCC(c2cccc(OC(F)(F)F)c2)C1. The van der Waals surface area contributed by atoms with Crippen LogP contribution >= 0.6 is 0 Å². The van der Waals surface area contributed by atoms with E-state index in [0.29, 0.717) is 6.42 Å². The van der Waals surface area contributed by atoms with Crippen LogP contribution in [-0.4, -0.2) is 17.6 Å². The molecule has 0 saturated heterocycles. The number of hydrogen-bond donors (Lipinski definition) is 1. The van der Waals surface area contributed by atoms with Crippen LogP contribution in [0.2, 0.25) is 0 Å². The predicted octanol–water partition coefficient (Wildman–Crippen LogP) is 3.99. The van der Waals surface area contributed by atoms with Gasteiger partial charge in [0.05, 0.1) is 6.10 Å². The van der Waals surface area contributed by atoms with Gasteiger partial charge in [-0.1, -0.05) is 25.0 Å². The summed E-state index contributed by atoms with van der Waals surface area (Å²) in [7, 11) is 0. The Morgan fingerprint density at radius 3 is 2.63 bits per heavy atom. The Hall–Kier alpha value is -1.23. The van der Waals surface area contributed by atoms with Gasteiger partial charge in [-0.2, -0.15) is 0 Å². The normalized spacial score (nSPS) is 24.8. The minimum Gasteiger partial charge on any atom is -0.406 e.